The number of anilines is 1. The Labute approximate surface area is 252 Å². The van der Waals surface area contributed by atoms with Crippen molar-refractivity contribution in [1.29, 1.82) is 0 Å². The summed E-state index contributed by atoms with van der Waals surface area (Å²) >= 11 is 0. The molecule has 0 unspecified atom stereocenters. The van der Waals surface area contributed by atoms with Gasteiger partial charge >= 0.3 is 0 Å². The van der Waals surface area contributed by atoms with Crippen LogP contribution in [0.1, 0.15) is 46.9 Å². The fourth-order valence-electron chi connectivity index (χ4n) is 6.22. The van der Waals surface area contributed by atoms with Crippen LogP contribution in [0.4, 0.5) is 5.69 Å². The van der Waals surface area contributed by atoms with E-state index in [2.05, 4.69) is 10.00 Å². The lowest BCUT2D eigenvalue weighted by atomic mass is 9.82. The summed E-state index contributed by atoms with van der Waals surface area (Å²) in [7, 11) is 0.916. The van der Waals surface area contributed by atoms with Crippen molar-refractivity contribution in [3.8, 4) is 28.4 Å². The van der Waals surface area contributed by atoms with Crippen LogP contribution in [0, 0.1) is 0 Å². The van der Waals surface area contributed by atoms with Crippen molar-refractivity contribution in [3.63, 3.8) is 0 Å². The zero-order chi connectivity index (χ0) is 30.4. The molecule has 1 spiro atoms. The summed E-state index contributed by atoms with van der Waals surface area (Å²) in [5.74, 6) is 2.23. The number of methoxy groups -OCH3 is 1. The molecule has 2 N–H and O–H groups in total. The number of hydrogen-bond acceptors (Lipinski definition) is 9. The van der Waals surface area contributed by atoms with Crippen LogP contribution in [0.3, 0.4) is 0 Å². The van der Waals surface area contributed by atoms with Gasteiger partial charge in [0.05, 0.1) is 49.0 Å². The maximum absolute atomic E-state index is 13.7. The first-order chi connectivity index (χ1) is 20.6. The smallest absolute Gasteiger partial charge is 0.254 e. The second-order valence-corrected chi connectivity index (χ2v) is 13.9. The topological polar surface area (TPSA) is 127 Å². The van der Waals surface area contributed by atoms with E-state index >= 15 is 0 Å². The summed E-state index contributed by atoms with van der Waals surface area (Å²) in [6, 6.07) is 9.15. The van der Waals surface area contributed by atoms with Crippen LogP contribution in [-0.4, -0.2) is 92.5 Å². The van der Waals surface area contributed by atoms with Gasteiger partial charge in [0, 0.05) is 69.1 Å². The first-order valence-corrected chi connectivity index (χ1v) is 16.5. The standard InChI is InChI=1S/C31H38N4O7S/c1-4-41-28-16-21(15-27(40-3)29(28)22-19-32-33(2)20-22)30(37)35-9-7-31(8-10-35)18-25(36)24-17-23(5-6-26(24)42-31)34-11-13-43(38,39)14-12-34/h5-6,15-17,19-20,38-39H,4,7-14,18H2,1-3H3. The van der Waals surface area contributed by atoms with Crippen LogP contribution >= 0.6 is 10.6 Å². The van der Waals surface area contributed by atoms with Crippen LogP contribution < -0.4 is 19.1 Å². The summed E-state index contributed by atoms with van der Waals surface area (Å²) in [5, 5.41) is 4.27. The Morgan fingerprint density at radius 3 is 2.47 bits per heavy atom. The molecule has 1 amide bonds. The van der Waals surface area contributed by atoms with Crippen LogP contribution in [0.2, 0.25) is 0 Å². The second kappa shape index (κ2) is 11.4. The van der Waals surface area contributed by atoms with Gasteiger partial charge in [-0.3, -0.25) is 23.4 Å². The van der Waals surface area contributed by atoms with E-state index in [1.165, 1.54) is 0 Å². The molecular formula is C31H38N4O7S. The Bertz CT molecular complexity index is 1540. The first-order valence-electron chi connectivity index (χ1n) is 14.6. The molecule has 6 rings (SSSR count). The van der Waals surface area contributed by atoms with Gasteiger partial charge in [-0.05, 0) is 37.3 Å². The van der Waals surface area contributed by atoms with E-state index in [4.69, 9.17) is 14.2 Å². The molecule has 3 aromatic rings. The molecule has 2 saturated heterocycles. The van der Waals surface area contributed by atoms with Crippen molar-refractivity contribution in [2.75, 3.05) is 56.3 Å². The number of amides is 1. The van der Waals surface area contributed by atoms with E-state index in [0.717, 1.165) is 16.8 Å². The number of ketones is 1. The Hall–Kier alpha value is -3.74. The van der Waals surface area contributed by atoms with E-state index in [0.29, 0.717) is 85.5 Å². The number of aromatic nitrogens is 2. The summed E-state index contributed by atoms with van der Waals surface area (Å²) < 4.78 is 39.7. The molecule has 0 saturated carbocycles. The van der Waals surface area contributed by atoms with Crippen LogP contribution in [-0.2, 0) is 7.05 Å². The average Bonchev–Trinajstić information content (AvgIpc) is 3.42. The monoisotopic (exact) mass is 610 g/mol. The maximum atomic E-state index is 13.7. The van der Waals surface area contributed by atoms with Crippen molar-refractivity contribution in [2.45, 2.75) is 31.8 Å². The Morgan fingerprint density at radius 1 is 1.09 bits per heavy atom. The lowest BCUT2D eigenvalue weighted by molar-refractivity contribution is -0.00572. The van der Waals surface area contributed by atoms with Crippen LogP contribution in [0.25, 0.3) is 11.1 Å². The lowest BCUT2D eigenvalue weighted by Gasteiger charge is -2.44. The van der Waals surface area contributed by atoms with E-state index in [1.54, 1.807) is 35.0 Å². The molecule has 4 heterocycles. The number of Topliss-reactive ketones (excluding diaryl/α,β-unsaturated/α-hetero) is 1. The number of nitrogens with zero attached hydrogens (tertiary/aromatic N) is 4. The van der Waals surface area contributed by atoms with E-state index in [9.17, 15) is 18.7 Å². The van der Waals surface area contributed by atoms with Crippen molar-refractivity contribution < 1.29 is 32.9 Å². The van der Waals surface area contributed by atoms with E-state index in [1.807, 2.05) is 38.4 Å². The lowest BCUT2D eigenvalue weighted by Crippen LogP contribution is -2.52. The number of piperidine rings is 1. The molecule has 0 aliphatic carbocycles. The molecule has 1 aromatic heterocycles. The summed E-state index contributed by atoms with van der Waals surface area (Å²) in [5.41, 5.74) is 2.85. The molecule has 0 atom stereocenters. The molecule has 12 heteroatoms. The number of rotatable bonds is 6. The van der Waals surface area contributed by atoms with Crippen molar-refractivity contribution in [3.05, 3.63) is 53.9 Å². The average molecular weight is 611 g/mol. The van der Waals surface area contributed by atoms with Gasteiger partial charge in [-0.15, -0.1) is 0 Å². The minimum atomic E-state index is -2.50. The van der Waals surface area contributed by atoms with Gasteiger partial charge in [0.25, 0.3) is 5.91 Å². The summed E-state index contributed by atoms with van der Waals surface area (Å²) in [6.07, 6.45) is 4.95. The molecule has 230 valence electrons. The first kappa shape index (κ1) is 29.3. The van der Waals surface area contributed by atoms with Gasteiger partial charge in [0.1, 0.15) is 22.8 Å². The van der Waals surface area contributed by atoms with Crippen LogP contribution in [0.15, 0.2) is 42.7 Å². The number of carbonyl (C=O) groups excluding carboxylic acids is 2. The number of aryl methyl sites for hydroxylation is 1. The van der Waals surface area contributed by atoms with E-state index < -0.39 is 16.2 Å². The summed E-state index contributed by atoms with van der Waals surface area (Å²) in [4.78, 5) is 30.9. The fourth-order valence-corrected chi connectivity index (χ4v) is 7.45. The zero-order valence-corrected chi connectivity index (χ0v) is 25.6. The van der Waals surface area contributed by atoms with Gasteiger partial charge < -0.3 is 24.0 Å². The largest absolute Gasteiger partial charge is 0.496 e. The molecular weight excluding hydrogens is 572 g/mol. The molecule has 3 aliphatic rings. The number of benzene rings is 2. The molecule has 3 aliphatic heterocycles. The summed E-state index contributed by atoms with van der Waals surface area (Å²) in [6.45, 7) is 4.31. The molecule has 2 fully saturated rings. The Balaban J connectivity index is 1.16. The van der Waals surface area contributed by atoms with E-state index in [-0.39, 0.29) is 18.1 Å². The van der Waals surface area contributed by atoms with Gasteiger partial charge in [0.15, 0.2) is 5.78 Å². The van der Waals surface area contributed by atoms with Crippen molar-refractivity contribution in [2.24, 2.45) is 7.05 Å². The van der Waals surface area contributed by atoms with Gasteiger partial charge in [-0.1, -0.05) is 0 Å². The molecule has 11 nitrogen and oxygen atoms in total. The third kappa shape index (κ3) is 5.78. The SMILES string of the molecule is CCOc1cc(C(=O)N2CCC3(CC2)CC(=O)c2cc(N4CCS(O)(O)CC4)ccc2O3)cc(OC)c1-c1cnn(C)c1. The zero-order valence-electron chi connectivity index (χ0n) is 24.7. The number of likely N-dealkylation sites (tertiary alicyclic amines) is 1. The minimum absolute atomic E-state index is 0.0289. The Kier molecular flexibility index (Phi) is 7.78. The Morgan fingerprint density at radius 2 is 1.81 bits per heavy atom. The molecule has 0 radical (unpaired) electrons. The number of hydrogen-bond donors (Lipinski definition) is 2. The molecule has 43 heavy (non-hydrogen) atoms. The predicted molar refractivity (Wildman–Crippen MR) is 165 cm³/mol. The van der Waals surface area contributed by atoms with Crippen molar-refractivity contribution in [1.82, 2.24) is 14.7 Å². The third-order valence-electron chi connectivity index (χ3n) is 8.60. The fraction of sp³-hybridized carbons (Fsp3) is 0.452. The molecule has 2 aromatic carbocycles. The van der Waals surface area contributed by atoms with Gasteiger partial charge in [0.2, 0.25) is 0 Å². The second-order valence-electron chi connectivity index (χ2n) is 11.4. The highest BCUT2D eigenvalue weighted by molar-refractivity contribution is 8.24. The quantitative estimate of drug-likeness (QED) is 0.408. The van der Waals surface area contributed by atoms with Gasteiger partial charge in [-0.2, -0.15) is 15.7 Å². The minimum Gasteiger partial charge on any atom is -0.496 e. The number of carbonyl (C=O) groups is 2. The third-order valence-corrected chi connectivity index (χ3v) is 10.3. The van der Waals surface area contributed by atoms with Gasteiger partial charge in [-0.25, -0.2) is 0 Å². The highest BCUT2D eigenvalue weighted by Crippen LogP contribution is 2.44. The maximum Gasteiger partial charge on any atom is 0.254 e. The van der Waals surface area contributed by atoms with Crippen LogP contribution in [0.5, 0.6) is 17.2 Å². The number of ether oxygens (including phenoxy) is 3. The highest BCUT2D eigenvalue weighted by Gasteiger charge is 2.44. The predicted octanol–water partition coefficient (Wildman–Crippen LogP) is 4.71. The van der Waals surface area contributed by atoms with Crippen molar-refractivity contribution >= 4 is 28.0 Å². The number of fused-ring (bicyclic) bond motifs is 1. The molecule has 0 bridgehead atoms. The highest BCUT2D eigenvalue weighted by atomic mass is 32.3. The normalized spacial score (nSPS) is 19.9.